The predicted octanol–water partition coefficient (Wildman–Crippen LogP) is 2.70. The van der Waals surface area contributed by atoms with Crippen molar-refractivity contribution in [3.8, 4) is 0 Å². The fraction of sp³-hybridized carbons (Fsp3) is 0.467. The van der Waals surface area contributed by atoms with Crippen molar-refractivity contribution in [1.29, 1.82) is 0 Å². The summed E-state index contributed by atoms with van der Waals surface area (Å²) in [6.45, 7) is 5.32. The lowest BCUT2D eigenvalue weighted by Crippen LogP contribution is -2.29. The summed E-state index contributed by atoms with van der Waals surface area (Å²) < 4.78 is 10.5. The smallest absolute Gasteiger partial charge is 0.338 e. The third-order valence-corrected chi connectivity index (χ3v) is 3.08. The Kier molecular flexibility index (Phi) is 5.10. The van der Waals surface area contributed by atoms with Gasteiger partial charge in [-0.2, -0.15) is 0 Å². The first kappa shape index (κ1) is 15.2. The number of allylic oxidation sites excluding steroid dienone is 4. The summed E-state index contributed by atoms with van der Waals surface area (Å²) in [6, 6.07) is 0. The van der Waals surface area contributed by atoms with E-state index >= 15 is 0 Å². The lowest BCUT2D eigenvalue weighted by molar-refractivity contribution is -0.148. The number of cyclic esters (lactones) is 1. The molecule has 4 heteroatoms. The Morgan fingerprint density at radius 1 is 1.42 bits per heavy atom. The lowest BCUT2D eigenvalue weighted by atomic mass is 9.95. The molecular weight excluding hydrogens is 244 g/mol. The van der Waals surface area contributed by atoms with Crippen molar-refractivity contribution in [3.05, 3.63) is 35.6 Å². The molecule has 0 spiro atoms. The highest BCUT2D eigenvalue weighted by atomic mass is 16.6. The van der Waals surface area contributed by atoms with E-state index < -0.39 is 5.60 Å². The fourth-order valence-corrected chi connectivity index (χ4v) is 2.07. The molecule has 0 amide bonds. The third-order valence-electron chi connectivity index (χ3n) is 3.08. The maximum atomic E-state index is 11.7. The molecule has 0 saturated carbocycles. The van der Waals surface area contributed by atoms with Crippen LogP contribution >= 0.6 is 0 Å². The summed E-state index contributed by atoms with van der Waals surface area (Å²) in [5.74, 6) is 0.134. The second kappa shape index (κ2) is 6.36. The van der Waals surface area contributed by atoms with Crippen LogP contribution in [0.25, 0.3) is 0 Å². The van der Waals surface area contributed by atoms with E-state index in [0.717, 1.165) is 0 Å². The lowest BCUT2D eigenvalue weighted by Gasteiger charge is -2.24. The highest BCUT2D eigenvalue weighted by molar-refractivity contribution is 5.92. The van der Waals surface area contributed by atoms with Crippen LogP contribution < -0.4 is 0 Å². The quantitative estimate of drug-likeness (QED) is 0.420. The van der Waals surface area contributed by atoms with Gasteiger partial charge >= 0.3 is 5.97 Å². The number of rotatable bonds is 6. The largest absolute Gasteiger partial charge is 0.496 e. The summed E-state index contributed by atoms with van der Waals surface area (Å²) in [6.07, 6.45) is 7.57. The number of hydrogen-bond donors (Lipinski definition) is 0. The molecular formula is C15H20O4. The number of ether oxygens (including phenoxy) is 2. The van der Waals surface area contributed by atoms with Gasteiger partial charge in [-0.1, -0.05) is 18.2 Å². The molecule has 1 heterocycles. The molecule has 1 atom stereocenters. The van der Waals surface area contributed by atoms with E-state index in [1.54, 1.807) is 26.0 Å². The van der Waals surface area contributed by atoms with Gasteiger partial charge in [0.15, 0.2) is 11.4 Å². The molecule has 0 saturated heterocycles. The van der Waals surface area contributed by atoms with Crippen LogP contribution in [-0.4, -0.2) is 24.5 Å². The number of carbonyl (C=O) groups excluding carboxylic acids is 2. The Morgan fingerprint density at radius 3 is 2.68 bits per heavy atom. The van der Waals surface area contributed by atoms with Crippen LogP contribution in [0.2, 0.25) is 0 Å². The molecule has 4 nitrogen and oxygen atoms in total. The topological polar surface area (TPSA) is 52.6 Å². The summed E-state index contributed by atoms with van der Waals surface area (Å²) >= 11 is 0. The Bertz CT molecular complexity index is 457. The van der Waals surface area contributed by atoms with E-state index in [-0.39, 0.29) is 11.8 Å². The van der Waals surface area contributed by atoms with Gasteiger partial charge in [-0.15, -0.1) is 0 Å². The van der Waals surface area contributed by atoms with E-state index in [4.69, 9.17) is 9.47 Å². The van der Waals surface area contributed by atoms with Crippen LogP contribution in [0.4, 0.5) is 0 Å². The van der Waals surface area contributed by atoms with Crippen LogP contribution in [-0.2, 0) is 19.1 Å². The average Bonchev–Trinajstić information content (AvgIpc) is 2.58. The number of hydrogen-bond acceptors (Lipinski definition) is 4. The maximum absolute atomic E-state index is 11.7. The van der Waals surface area contributed by atoms with Crippen molar-refractivity contribution in [2.75, 3.05) is 7.11 Å². The molecule has 0 aliphatic carbocycles. The first-order chi connectivity index (χ1) is 8.94. The van der Waals surface area contributed by atoms with E-state index in [0.29, 0.717) is 24.2 Å². The van der Waals surface area contributed by atoms with E-state index in [2.05, 4.69) is 0 Å². The second-order valence-electron chi connectivity index (χ2n) is 4.63. The first-order valence-corrected chi connectivity index (χ1v) is 6.25. The maximum Gasteiger partial charge on any atom is 0.338 e. The van der Waals surface area contributed by atoms with Crippen LogP contribution in [0.15, 0.2) is 35.6 Å². The predicted molar refractivity (Wildman–Crippen MR) is 72.4 cm³/mol. The molecule has 1 aliphatic rings. The molecule has 0 unspecified atom stereocenters. The molecule has 0 fully saturated rings. The zero-order valence-corrected chi connectivity index (χ0v) is 11.9. The first-order valence-electron chi connectivity index (χ1n) is 6.25. The minimum Gasteiger partial charge on any atom is -0.496 e. The molecule has 0 aromatic rings. The Morgan fingerprint density at radius 2 is 2.11 bits per heavy atom. The monoisotopic (exact) mass is 264 g/mol. The van der Waals surface area contributed by atoms with Gasteiger partial charge in [0.2, 0.25) is 0 Å². The van der Waals surface area contributed by atoms with E-state index in [1.807, 2.05) is 13.0 Å². The zero-order chi connectivity index (χ0) is 14.5. The Balaban J connectivity index is 2.67. The molecule has 1 aliphatic heterocycles. The minimum atomic E-state index is -0.833. The molecule has 19 heavy (non-hydrogen) atoms. The molecule has 1 rings (SSSR count). The molecule has 104 valence electrons. The molecule has 0 bridgehead atoms. The summed E-state index contributed by atoms with van der Waals surface area (Å²) in [5.41, 5.74) is -0.359. The van der Waals surface area contributed by atoms with Crippen molar-refractivity contribution in [2.24, 2.45) is 0 Å². The normalized spacial score (nSPS) is 23.5. The van der Waals surface area contributed by atoms with Gasteiger partial charge in [0.25, 0.3) is 0 Å². The highest BCUT2D eigenvalue weighted by Crippen LogP contribution is 2.36. The average molecular weight is 264 g/mol. The van der Waals surface area contributed by atoms with Crippen LogP contribution in [0.3, 0.4) is 0 Å². The van der Waals surface area contributed by atoms with Crippen molar-refractivity contribution in [3.63, 3.8) is 0 Å². The van der Waals surface area contributed by atoms with Gasteiger partial charge in [-0.05, 0) is 26.8 Å². The van der Waals surface area contributed by atoms with Gasteiger partial charge < -0.3 is 9.47 Å². The second-order valence-corrected chi connectivity index (χ2v) is 4.63. The van der Waals surface area contributed by atoms with Crippen LogP contribution in [0, 0.1) is 0 Å². The SMILES string of the molecule is C/C=C/C=C/C(=O)CC[C@]1(C)OC(=O)C(C)=C1OC. The van der Waals surface area contributed by atoms with Crippen LogP contribution in [0.5, 0.6) is 0 Å². The molecule has 0 aromatic heterocycles. The molecule has 0 radical (unpaired) electrons. The number of ketones is 1. The Hall–Kier alpha value is -1.84. The number of methoxy groups -OCH3 is 1. The number of carbonyl (C=O) groups is 2. The summed E-state index contributed by atoms with van der Waals surface area (Å²) in [4.78, 5) is 23.2. The van der Waals surface area contributed by atoms with Crippen molar-refractivity contribution < 1.29 is 19.1 Å². The van der Waals surface area contributed by atoms with Crippen molar-refractivity contribution >= 4 is 11.8 Å². The Labute approximate surface area is 113 Å². The zero-order valence-electron chi connectivity index (χ0n) is 11.9. The highest BCUT2D eigenvalue weighted by Gasteiger charge is 2.43. The van der Waals surface area contributed by atoms with E-state index in [9.17, 15) is 9.59 Å². The van der Waals surface area contributed by atoms with Gasteiger partial charge in [0, 0.05) is 12.8 Å². The summed E-state index contributed by atoms with van der Waals surface area (Å²) in [7, 11) is 1.51. The molecule has 0 N–H and O–H groups in total. The van der Waals surface area contributed by atoms with Crippen molar-refractivity contribution in [2.45, 2.75) is 39.2 Å². The standard InChI is InChI=1S/C15H20O4/c1-5-6-7-8-12(16)9-10-15(3)13(18-4)11(2)14(17)19-15/h5-8H,9-10H2,1-4H3/b6-5+,8-7+/t15-/m0/s1. The van der Waals surface area contributed by atoms with E-state index in [1.165, 1.54) is 13.2 Å². The van der Waals surface area contributed by atoms with Gasteiger partial charge in [-0.25, -0.2) is 4.79 Å². The van der Waals surface area contributed by atoms with Crippen LogP contribution in [0.1, 0.15) is 33.6 Å². The van der Waals surface area contributed by atoms with Crippen molar-refractivity contribution in [1.82, 2.24) is 0 Å². The van der Waals surface area contributed by atoms with Gasteiger partial charge in [-0.3, -0.25) is 4.79 Å². The number of esters is 1. The summed E-state index contributed by atoms with van der Waals surface area (Å²) in [5, 5.41) is 0. The molecule has 0 aromatic carbocycles. The van der Waals surface area contributed by atoms with Gasteiger partial charge in [0.1, 0.15) is 5.76 Å². The minimum absolute atomic E-state index is 0.00428. The fourth-order valence-electron chi connectivity index (χ4n) is 2.07. The van der Waals surface area contributed by atoms with Gasteiger partial charge in [0.05, 0.1) is 12.7 Å². The third kappa shape index (κ3) is 3.56.